The SMILES string of the molecule is COC(C)(C)C(NN)c1cccc(CC(C)C)c1. The van der Waals surface area contributed by atoms with Crippen LogP contribution in [0.3, 0.4) is 0 Å². The Balaban J connectivity index is 3.00. The molecule has 1 atom stereocenters. The number of ether oxygens (including phenoxy) is 1. The second-order valence-electron chi connectivity index (χ2n) is 5.75. The molecule has 0 aromatic heterocycles. The molecule has 1 aromatic rings. The minimum atomic E-state index is -0.342. The van der Waals surface area contributed by atoms with Gasteiger partial charge in [0.25, 0.3) is 0 Å². The first-order valence-electron chi connectivity index (χ1n) is 6.50. The number of hydrogen-bond donors (Lipinski definition) is 2. The molecule has 1 unspecified atom stereocenters. The van der Waals surface area contributed by atoms with Gasteiger partial charge < -0.3 is 4.74 Å². The maximum Gasteiger partial charge on any atom is 0.0829 e. The highest BCUT2D eigenvalue weighted by molar-refractivity contribution is 5.28. The number of benzene rings is 1. The predicted molar refractivity (Wildman–Crippen MR) is 76.1 cm³/mol. The Kier molecular flexibility index (Phi) is 5.32. The lowest BCUT2D eigenvalue weighted by Crippen LogP contribution is -2.44. The van der Waals surface area contributed by atoms with Crippen molar-refractivity contribution in [3.05, 3.63) is 35.4 Å². The van der Waals surface area contributed by atoms with Crippen molar-refractivity contribution in [2.75, 3.05) is 7.11 Å². The lowest BCUT2D eigenvalue weighted by molar-refractivity contribution is -0.0111. The van der Waals surface area contributed by atoms with E-state index in [2.05, 4.69) is 43.5 Å². The Morgan fingerprint density at radius 1 is 1.33 bits per heavy atom. The zero-order chi connectivity index (χ0) is 13.8. The fraction of sp³-hybridized carbons (Fsp3) is 0.600. The highest BCUT2D eigenvalue weighted by Gasteiger charge is 2.29. The van der Waals surface area contributed by atoms with Crippen LogP contribution >= 0.6 is 0 Å². The normalized spacial score (nSPS) is 13.9. The van der Waals surface area contributed by atoms with E-state index in [1.54, 1.807) is 7.11 Å². The summed E-state index contributed by atoms with van der Waals surface area (Å²) in [6.07, 6.45) is 1.08. The predicted octanol–water partition coefficient (Wildman–Crippen LogP) is 2.81. The van der Waals surface area contributed by atoms with Gasteiger partial charge >= 0.3 is 0 Å². The molecule has 1 rings (SSSR count). The average Bonchev–Trinajstić information content (AvgIpc) is 2.29. The first-order valence-corrected chi connectivity index (χ1v) is 6.50. The quantitative estimate of drug-likeness (QED) is 0.603. The van der Waals surface area contributed by atoms with E-state index in [0.717, 1.165) is 6.42 Å². The largest absolute Gasteiger partial charge is 0.377 e. The summed E-state index contributed by atoms with van der Waals surface area (Å²) >= 11 is 0. The van der Waals surface area contributed by atoms with E-state index in [0.29, 0.717) is 5.92 Å². The summed E-state index contributed by atoms with van der Waals surface area (Å²) in [6.45, 7) is 8.52. The second-order valence-corrected chi connectivity index (χ2v) is 5.75. The highest BCUT2D eigenvalue weighted by Crippen LogP contribution is 2.28. The van der Waals surface area contributed by atoms with Gasteiger partial charge in [0.15, 0.2) is 0 Å². The number of hydrogen-bond acceptors (Lipinski definition) is 3. The van der Waals surface area contributed by atoms with Gasteiger partial charge in [-0.2, -0.15) is 0 Å². The van der Waals surface area contributed by atoms with Crippen LogP contribution in [-0.4, -0.2) is 12.7 Å². The average molecular weight is 250 g/mol. The van der Waals surface area contributed by atoms with E-state index < -0.39 is 0 Å². The van der Waals surface area contributed by atoms with Crippen LogP contribution in [0.25, 0.3) is 0 Å². The molecule has 0 fully saturated rings. The number of nitrogens with one attached hydrogen (secondary N) is 1. The van der Waals surface area contributed by atoms with Crippen molar-refractivity contribution < 1.29 is 4.74 Å². The molecular formula is C15H26N2O. The van der Waals surface area contributed by atoms with Crippen LogP contribution in [0, 0.1) is 5.92 Å². The Bertz CT molecular complexity index is 375. The van der Waals surface area contributed by atoms with E-state index in [1.165, 1.54) is 11.1 Å². The second kappa shape index (κ2) is 6.32. The summed E-state index contributed by atoms with van der Waals surface area (Å²) in [4.78, 5) is 0. The summed E-state index contributed by atoms with van der Waals surface area (Å²) in [6, 6.07) is 8.54. The van der Waals surface area contributed by atoms with Gasteiger partial charge in [-0.3, -0.25) is 11.3 Å². The van der Waals surface area contributed by atoms with Crippen LogP contribution in [0.5, 0.6) is 0 Å². The zero-order valence-electron chi connectivity index (χ0n) is 12.2. The minimum absolute atomic E-state index is 0.0189. The van der Waals surface area contributed by atoms with Crippen molar-refractivity contribution in [1.29, 1.82) is 0 Å². The van der Waals surface area contributed by atoms with Gasteiger partial charge in [0, 0.05) is 7.11 Å². The molecule has 1 aromatic carbocycles. The summed E-state index contributed by atoms with van der Waals surface area (Å²) < 4.78 is 5.52. The Labute approximate surface area is 111 Å². The van der Waals surface area contributed by atoms with Crippen molar-refractivity contribution in [1.82, 2.24) is 5.43 Å². The van der Waals surface area contributed by atoms with Gasteiger partial charge in [-0.15, -0.1) is 0 Å². The molecule has 0 saturated carbocycles. The van der Waals surface area contributed by atoms with Gasteiger partial charge in [-0.25, -0.2) is 0 Å². The summed E-state index contributed by atoms with van der Waals surface area (Å²) in [5, 5.41) is 0. The van der Waals surface area contributed by atoms with E-state index >= 15 is 0 Å². The molecule has 0 aliphatic rings. The molecule has 102 valence electrons. The Hall–Kier alpha value is -0.900. The van der Waals surface area contributed by atoms with Crippen LogP contribution in [0.1, 0.15) is 44.9 Å². The first-order chi connectivity index (χ1) is 8.40. The molecule has 0 aliphatic heterocycles. The highest BCUT2D eigenvalue weighted by atomic mass is 16.5. The smallest absolute Gasteiger partial charge is 0.0829 e. The van der Waals surface area contributed by atoms with E-state index in [9.17, 15) is 0 Å². The standard InChI is InChI=1S/C15H26N2O/c1-11(2)9-12-7-6-8-13(10-12)14(17-16)15(3,4)18-5/h6-8,10-11,14,17H,9,16H2,1-5H3. The third-order valence-electron chi connectivity index (χ3n) is 3.32. The number of rotatable bonds is 6. The maximum absolute atomic E-state index is 5.69. The third-order valence-corrected chi connectivity index (χ3v) is 3.32. The van der Waals surface area contributed by atoms with Crippen LogP contribution in [0.2, 0.25) is 0 Å². The third kappa shape index (κ3) is 3.80. The van der Waals surface area contributed by atoms with Crippen molar-refractivity contribution in [3.63, 3.8) is 0 Å². The number of methoxy groups -OCH3 is 1. The zero-order valence-corrected chi connectivity index (χ0v) is 12.2. The fourth-order valence-corrected chi connectivity index (χ4v) is 2.19. The Morgan fingerprint density at radius 3 is 2.50 bits per heavy atom. The topological polar surface area (TPSA) is 47.3 Å². The van der Waals surface area contributed by atoms with Crippen molar-refractivity contribution in [2.45, 2.75) is 45.8 Å². The van der Waals surface area contributed by atoms with Crippen LogP contribution in [0.15, 0.2) is 24.3 Å². The van der Waals surface area contributed by atoms with E-state index in [1.807, 2.05) is 13.8 Å². The van der Waals surface area contributed by atoms with Crippen molar-refractivity contribution in [3.8, 4) is 0 Å². The van der Waals surface area contributed by atoms with Gasteiger partial charge in [-0.1, -0.05) is 38.1 Å². The summed E-state index contributed by atoms with van der Waals surface area (Å²) in [5.74, 6) is 6.34. The van der Waals surface area contributed by atoms with Crippen molar-refractivity contribution in [2.24, 2.45) is 11.8 Å². The van der Waals surface area contributed by atoms with Crippen LogP contribution < -0.4 is 11.3 Å². The lowest BCUT2D eigenvalue weighted by Gasteiger charge is -2.33. The van der Waals surface area contributed by atoms with Crippen LogP contribution in [0.4, 0.5) is 0 Å². The number of nitrogens with two attached hydrogens (primary N) is 1. The maximum atomic E-state index is 5.69. The Morgan fingerprint density at radius 2 is 2.00 bits per heavy atom. The first kappa shape index (κ1) is 15.2. The molecule has 3 heteroatoms. The van der Waals surface area contributed by atoms with E-state index in [-0.39, 0.29) is 11.6 Å². The number of hydrazine groups is 1. The molecule has 0 saturated heterocycles. The molecule has 0 amide bonds. The van der Waals surface area contributed by atoms with Gasteiger partial charge in [0.1, 0.15) is 0 Å². The minimum Gasteiger partial charge on any atom is -0.377 e. The van der Waals surface area contributed by atoms with Crippen LogP contribution in [-0.2, 0) is 11.2 Å². The fourth-order valence-electron chi connectivity index (χ4n) is 2.19. The summed E-state index contributed by atoms with van der Waals surface area (Å²) in [5.41, 5.74) is 5.03. The molecule has 3 nitrogen and oxygen atoms in total. The molecule has 0 heterocycles. The molecule has 0 radical (unpaired) electrons. The van der Waals surface area contributed by atoms with Gasteiger partial charge in [-0.05, 0) is 37.3 Å². The van der Waals surface area contributed by atoms with Gasteiger partial charge in [0.2, 0.25) is 0 Å². The molecule has 3 N–H and O–H groups in total. The molecule has 0 aliphatic carbocycles. The lowest BCUT2D eigenvalue weighted by atomic mass is 9.90. The molecular weight excluding hydrogens is 224 g/mol. The van der Waals surface area contributed by atoms with Crippen molar-refractivity contribution >= 4 is 0 Å². The molecule has 0 spiro atoms. The monoisotopic (exact) mass is 250 g/mol. The molecule has 0 bridgehead atoms. The summed E-state index contributed by atoms with van der Waals surface area (Å²) in [7, 11) is 1.71. The molecule has 18 heavy (non-hydrogen) atoms. The van der Waals surface area contributed by atoms with Gasteiger partial charge in [0.05, 0.1) is 11.6 Å². The van der Waals surface area contributed by atoms with E-state index in [4.69, 9.17) is 10.6 Å².